The first-order valence-electron chi connectivity index (χ1n) is 15.8. The fraction of sp³-hybridized carbons (Fsp3) is 0.216. The van der Waals surface area contributed by atoms with E-state index < -0.39 is 45.0 Å². The number of sulfonamides is 1. The topological polar surface area (TPSA) is 142 Å². The van der Waals surface area contributed by atoms with Gasteiger partial charge in [0.1, 0.15) is 28.7 Å². The van der Waals surface area contributed by atoms with Crippen molar-refractivity contribution in [2.45, 2.75) is 38.3 Å². The lowest BCUT2D eigenvalue weighted by Gasteiger charge is -2.23. The molecule has 0 saturated carbocycles. The number of H-pyrrole nitrogens is 1. The molecule has 3 aromatic heterocycles. The Kier molecular flexibility index (Phi) is 9.80. The van der Waals surface area contributed by atoms with Gasteiger partial charge in [-0.3, -0.25) is 14.2 Å². The number of amides is 1. The molecule has 0 fully saturated rings. The summed E-state index contributed by atoms with van der Waals surface area (Å²) in [5.41, 5.74) is 1.76. The largest absolute Gasteiger partial charge is 0.378 e. The van der Waals surface area contributed by atoms with E-state index in [1.165, 1.54) is 30.7 Å². The summed E-state index contributed by atoms with van der Waals surface area (Å²) < 4.78 is 71.3. The summed E-state index contributed by atoms with van der Waals surface area (Å²) in [6.45, 7) is 3.00. The van der Waals surface area contributed by atoms with Gasteiger partial charge in [0, 0.05) is 41.3 Å². The fourth-order valence-corrected chi connectivity index (χ4v) is 6.73. The Balaban J connectivity index is 1.54. The smallest absolute Gasteiger partial charge is 0.231 e. The summed E-state index contributed by atoms with van der Waals surface area (Å²) in [6, 6.07) is 12.7. The van der Waals surface area contributed by atoms with Crippen LogP contribution in [-0.4, -0.2) is 51.0 Å². The lowest BCUT2D eigenvalue weighted by atomic mass is 9.93. The van der Waals surface area contributed by atoms with E-state index in [4.69, 9.17) is 16.6 Å². The van der Waals surface area contributed by atoms with Crippen LogP contribution < -0.4 is 10.0 Å². The molecule has 0 saturated heterocycles. The van der Waals surface area contributed by atoms with Crippen molar-refractivity contribution >= 4 is 55.2 Å². The first kappa shape index (κ1) is 36.4. The average molecular weight is 749 g/mol. The highest BCUT2D eigenvalue weighted by Crippen LogP contribution is 2.40. The van der Waals surface area contributed by atoms with Gasteiger partial charge in [0.15, 0.2) is 5.82 Å². The Morgan fingerprint density at radius 3 is 2.44 bits per heavy atom. The van der Waals surface area contributed by atoms with Gasteiger partial charge in [0.2, 0.25) is 15.9 Å². The predicted molar refractivity (Wildman–Crippen MR) is 194 cm³/mol. The highest BCUT2D eigenvalue weighted by molar-refractivity contribution is 7.92. The summed E-state index contributed by atoms with van der Waals surface area (Å²) in [4.78, 5) is 21.7. The number of hydrogen-bond acceptors (Lipinski definition) is 6. The lowest BCUT2D eigenvalue weighted by Crippen LogP contribution is -2.32. The second-order valence-electron chi connectivity index (χ2n) is 12.9. The molecular formula is C37H32ClF3N6O4S. The van der Waals surface area contributed by atoms with E-state index in [0.29, 0.717) is 38.5 Å². The van der Waals surface area contributed by atoms with Gasteiger partial charge < -0.3 is 15.4 Å². The van der Waals surface area contributed by atoms with Crippen molar-refractivity contribution in [3.05, 3.63) is 112 Å². The zero-order valence-electron chi connectivity index (χ0n) is 28.3. The Morgan fingerprint density at radius 1 is 1.04 bits per heavy atom. The zero-order chi connectivity index (χ0) is 37.5. The van der Waals surface area contributed by atoms with Crippen LogP contribution in [0.4, 0.5) is 19.0 Å². The van der Waals surface area contributed by atoms with Crippen LogP contribution in [0.5, 0.6) is 0 Å². The number of rotatable bonds is 9. The van der Waals surface area contributed by atoms with E-state index in [2.05, 4.69) is 32.0 Å². The molecule has 0 unspecified atom stereocenters. The SMILES string of the molecule is Cn1nc(NS(C)(=O)=O)c2c(Cl)ccc(-c3ccc(C#CC(C)(C)O)nc3[C@H](Cc3cc(F)cc(F)c3)NC(=O)Cc3c[nH]c4ccc(F)cc34)c21. The summed E-state index contributed by atoms with van der Waals surface area (Å²) in [5.74, 6) is 2.93. The third-order valence-corrected chi connectivity index (χ3v) is 8.92. The number of aromatic nitrogens is 4. The Bertz CT molecular complexity index is 2530. The van der Waals surface area contributed by atoms with Crippen molar-refractivity contribution in [3.8, 4) is 23.0 Å². The average Bonchev–Trinajstić information content (AvgIpc) is 3.58. The molecule has 52 heavy (non-hydrogen) atoms. The van der Waals surface area contributed by atoms with Crippen molar-refractivity contribution in [3.63, 3.8) is 0 Å². The third kappa shape index (κ3) is 8.23. The first-order valence-corrected chi connectivity index (χ1v) is 18.1. The molecular weight excluding hydrogens is 717 g/mol. The van der Waals surface area contributed by atoms with Crippen LogP contribution in [0.25, 0.3) is 32.9 Å². The summed E-state index contributed by atoms with van der Waals surface area (Å²) in [5, 5.41) is 18.6. The van der Waals surface area contributed by atoms with Crippen LogP contribution in [0.1, 0.15) is 42.4 Å². The summed E-state index contributed by atoms with van der Waals surface area (Å²) in [6.07, 6.45) is 2.27. The van der Waals surface area contributed by atoms with Crippen LogP contribution >= 0.6 is 11.6 Å². The molecule has 1 atom stereocenters. The number of fused-ring (bicyclic) bond motifs is 2. The highest BCUT2D eigenvalue weighted by Gasteiger charge is 2.26. The van der Waals surface area contributed by atoms with Crippen molar-refractivity contribution < 1.29 is 31.5 Å². The van der Waals surface area contributed by atoms with Gasteiger partial charge in [0.05, 0.1) is 40.3 Å². The monoisotopic (exact) mass is 748 g/mol. The summed E-state index contributed by atoms with van der Waals surface area (Å²) >= 11 is 6.60. The number of hydrogen-bond donors (Lipinski definition) is 4. The molecule has 0 spiro atoms. The minimum absolute atomic E-state index is 0.00993. The van der Waals surface area contributed by atoms with E-state index >= 15 is 0 Å². The lowest BCUT2D eigenvalue weighted by molar-refractivity contribution is -0.121. The van der Waals surface area contributed by atoms with E-state index in [9.17, 15) is 31.5 Å². The van der Waals surface area contributed by atoms with Gasteiger partial charge in [-0.2, -0.15) is 5.10 Å². The first-order chi connectivity index (χ1) is 24.4. The minimum Gasteiger partial charge on any atom is -0.378 e. The standard InChI is InChI=1S/C37H32ClF3N6O4S/c1-37(2,49)12-11-25-6-7-26(27-8-9-29(38)33-35(27)47(3)45-36(33)46-52(4,50)51)34(43-25)31(15-20-13-23(40)17-24(41)14-20)44-32(48)16-21-19-42-30-10-5-22(39)18-28(21)30/h5-10,13-14,17-19,31,42,49H,15-16H2,1-4H3,(H,44,48)(H,45,46)/t31-/m0/s1. The number of benzene rings is 3. The van der Waals surface area contributed by atoms with E-state index in [1.807, 2.05) is 0 Å². The molecule has 1 amide bonds. The maximum absolute atomic E-state index is 14.5. The molecule has 10 nitrogen and oxygen atoms in total. The van der Waals surface area contributed by atoms with Crippen LogP contribution in [-0.2, 0) is 34.7 Å². The normalized spacial score (nSPS) is 12.5. The second kappa shape index (κ2) is 14.0. The van der Waals surface area contributed by atoms with Crippen molar-refractivity contribution in [1.82, 2.24) is 25.1 Å². The molecule has 0 radical (unpaired) electrons. The Morgan fingerprint density at radius 2 is 1.75 bits per heavy atom. The van der Waals surface area contributed by atoms with Crippen molar-refractivity contribution in [2.75, 3.05) is 11.0 Å². The maximum Gasteiger partial charge on any atom is 0.231 e. The molecule has 6 rings (SSSR count). The predicted octanol–water partition coefficient (Wildman–Crippen LogP) is 6.32. The van der Waals surface area contributed by atoms with Crippen LogP contribution in [0.2, 0.25) is 5.02 Å². The van der Waals surface area contributed by atoms with Gasteiger partial charge >= 0.3 is 0 Å². The molecule has 0 aliphatic heterocycles. The van der Waals surface area contributed by atoms with E-state index in [-0.39, 0.29) is 40.6 Å². The van der Waals surface area contributed by atoms with Gasteiger partial charge in [0.25, 0.3) is 0 Å². The van der Waals surface area contributed by atoms with Crippen molar-refractivity contribution in [2.24, 2.45) is 7.05 Å². The molecule has 3 aromatic carbocycles. The quantitative estimate of drug-likeness (QED) is 0.128. The number of pyridine rings is 1. The van der Waals surface area contributed by atoms with E-state index in [0.717, 1.165) is 24.5 Å². The Labute approximate surface area is 302 Å². The van der Waals surface area contributed by atoms with E-state index in [1.54, 1.807) is 43.6 Å². The molecule has 4 N–H and O–H groups in total. The highest BCUT2D eigenvalue weighted by atomic mass is 35.5. The molecule has 0 bridgehead atoms. The number of aromatic amines is 1. The summed E-state index contributed by atoms with van der Waals surface area (Å²) in [7, 11) is -2.15. The molecule has 15 heteroatoms. The number of carbonyl (C=O) groups excluding carboxylic acids is 1. The Hall–Kier alpha value is -5.36. The number of halogens is 4. The number of nitrogens with one attached hydrogen (secondary N) is 3. The zero-order valence-corrected chi connectivity index (χ0v) is 29.8. The van der Waals surface area contributed by atoms with Crippen molar-refractivity contribution in [1.29, 1.82) is 0 Å². The van der Waals surface area contributed by atoms with Crippen LogP contribution in [0, 0.1) is 29.3 Å². The molecule has 6 aromatic rings. The van der Waals surface area contributed by atoms with Crippen LogP contribution in [0.15, 0.2) is 66.9 Å². The molecule has 268 valence electrons. The third-order valence-electron chi connectivity index (χ3n) is 8.04. The number of anilines is 1. The maximum atomic E-state index is 14.5. The van der Waals surface area contributed by atoms with Crippen LogP contribution in [0.3, 0.4) is 0 Å². The van der Waals surface area contributed by atoms with Gasteiger partial charge in [-0.25, -0.2) is 26.6 Å². The number of nitrogens with zero attached hydrogens (tertiary/aromatic N) is 3. The number of aryl methyl sites for hydroxylation is 1. The van der Waals surface area contributed by atoms with Gasteiger partial charge in [-0.05, 0) is 85.8 Å². The minimum atomic E-state index is -3.75. The van der Waals surface area contributed by atoms with Gasteiger partial charge in [-0.1, -0.05) is 23.6 Å². The number of carbonyl (C=O) groups is 1. The fourth-order valence-electron chi connectivity index (χ4n) is 5.99. The second-order valence-corrected chi connectivity index (χ2v) is 15.0. The number of aliphatic hydroxyl groups is 1. The molecule has 0 aliphatic carbocycles. The molecule has 3 heterocycles. The molecule has 0 aliphatic rings. The van der Waals surface area contributed by atoms with Gasteiger partial charge in [-0.15, -0.1) is 0 Å².